The highest BCUT2D eigenvalue weighted by atomic mass is 16.7. The number of amides is 2. The predicted octanol–water partition coefficient (Wildman–Crippen LogP) is 5.51. The van der Waals surface area contributed by atoms with Crippen LogP contribution in [0.25, 0.3) is 0 Å². The normalized spacial score (nSPS) is 36.8. The number of hydrogen-bond acceptors (Lipinski definition) is 10. The Labute approximate surface area is 294 Å². The molecular weight excluding hydrogens is 644 g/mol. The Kier molecular flexibility index (Phi) is 11.1. The van der Waals surface area contributed by atoms with Gasteiger partial charge < -0.3 is 39.1 Å². The van der Waals surface area contributed by atoms with Crippen LogP contribution in [-0.4, -0.2) is 86.0 Å². The van der Waals surface area contributed by atoms with Crippen LogP contribution in [0.2, 0.25) is 0 Å². The molecule has 4 aliphatic heterocycles. The maximum absolute atomic E-state index is 12.4. The Morgan fingerprint density at radius 2 is 1.16 bits per heavy atom. The number of epoxide rings is 2. The van der Waals surface area contributed by atoms with Gasteiger partial charge in [-0.1, -0.05) is 38.2 Å². The van der Waals surface area contributed by atoms with Gasteiger partial charge in [-0.05, 0) is 89.2 Å². The van der Waals surface area contributed by atoms with Crippen LogP contribution in [0.5, 0.6) is 0 Å². The second-order valence-electron chi connectivity index (χ2n) is 15.0. The van der Waals surface area contributed by atoms with Crippen molar-refractivity contribution in [1.82, 2.24) is 10.6 Å². The van der Waals surface area contributed by atoms with Crippen molar-refractivity contribution in [3.63, 3.8) is 0 Å². The lowest BCUT2D eigenvalue weighted by atomic mass is 9.84. The molecule has 4 saturated heterocycles. The molecule has 6 rings (SSSR count). The summed E-state index contributed by atoms with van der Waals surface area (Å²) in [6.45, 7) is 13.4. The van der Waals surface area contributed by atoms with E-state index in [9.17, 15) is 19.2 Å². The Morgan fingerprint density at radius 1 is 0.740 bits per heavy atom. The molecule has 2 N–H and O–H groups in total. The van der Waals surface area contributed by atoms with E-state index in [4.69, 9.17) is 28.4 Å². The summed E-state index contributed by atoms with van der Waals surface area (Å²) in [7, 11) is 0. The van der Waals surface area contributed by atoms with Crippen molar-refractivity contribution in [2.45, 2.75) is 127 Å². The number of rotatable bonds is 11. The molecule has 274 valence electrons. The van der Waals surface area contributed by atoms with E-state index in [0.29, 0.717) is 49.9 Å². The Hall–Kier alpha value is -3.64. The molecule has 50 heavy (non-hydrogen) atoms. The van der Waals surface area contributed by atoms with E-state index in [2.05, 4.69) is 49.8 Å². The van der Waals surface area contributed by atoms with Gasteiger partial charge in [0.25, 0.3) is 0 Å². The molecule has 12 nitrogen and oxygen atoms in total. The van der Waals surface area contributed by atoms with Gasteiger partial charge in [0.15, 0.2) is 0 Å². The summed E-state index contributed by atoms with van der Waals surface area (Å²) in [5, 5.41) is 5.64. The standard InChI is InChI=1S/C38H52N2O10/c1-23-27-15-13-25(11-9-17-37(3)31(49-37)29(27)47-33(23)41)21-45-35(43)39-19-7-5-6-8-20-40-36(44)46-22-26-12-10-18-38(4)32(50-38)30-28(16-14-26)24(2)34(42)48-30/h11-12,27-32H,1-2,5-10,13-22H2,3-4H3,(H,39,43)(H,40,44)/b25-11+,26-12+/t27-,28-,29-,30-,31-,32-,37+,38+/m0/s1. The zero-order valence-corrected chi connectivity index (χ0v) is 29.4. The third kappa shape index (κ3) is 8.45. The van der Waals surface area contributed by atoms with Gasteiger partial charge in [0.2, 0.25) is 0 Å². The second-order valence-corrected chi connectivity index (χ2v) is 15.0. The molecule has 0 radical (unpaired) electrons. The zero-order valence-electron chi connectivity index (χ0n) is 29.4. The minimum atomic E-state index is -0.453. The topological polar surface area (TPSA) is 154 Å². The van der Waals surface area contributed by atoms with E-state index in [1.54, 1.807) is 0 Å². The quantitative estimate of drug-likeness (QED) is 0.0706. The number of carbonyl (C=O) groups excluding carboxylic acids is 4. The fraction of sp³-hybridized carbons (Fsp3) is 0.684. The zero-order chi connectivity index (χ0) is 35.5. The number of allylic oxidation sites excluding steroid dienone is 2. The summed E-state index contributed by atoms with van der Waals surface area (Å²) in [6.07, 6.45) is 12.0. The number of fused-ring (bicyclic) bond motifs is 6. The lowest BCUT2D eigenvalue weighted by Gasteiger charge is -2.20. The first-order chi connectivity index (χ1) is 24.0. The Bertz CT molecular complexity index is 1330. The number of hydrogen-bond donors (Lipinski definition) is 2. The van der Waals surface area contributed by atoms with Crippen molar-refractivity contribution in [1.29, 1.82) is 0 Å². The first kappa shape index (κ1) is 36.2. The van der Waals surface area contributed by atoms with Crippen LogP contribution in [0.15, 0.2) is 47.6 Å². The maximum atomic E-state index is 12.4. The van der Waals surface area contributed by atoms with Crippen molar-refractivity contribution in [3.8, 4) is 0 Å². The van der Waals surface area contributed by atoms with Crippen molar-refractivity contribution >= 4 is 24.1 Å². The third-order valence-corrected chi connectivity index (χ3v) is 11.3. The number of ether oxygens (including phenoxy) is 6. The predicted molar refractivity (Wildman–Crippen MR) is 182 cm³/mol. The lowest BCUT2D eigenvalue weighted by Crippen LogP contribution is -2.29. The number of nitrogens with one attached hydrogen (secondary N) is 2. The summed E-state index contributed by atoms with van der Waals surface area (Å²) in [5.41, 5.74) is 2.44. The van der Waals surface area contributed by atoms with Crippen LogP contribution >= 0.6 is 0 Å². The first-order valence-corrected chi connectivity index (χ1v) is 18.3. The Morgan fingerprint density at radius 3 is 1.58 bits per heavy atom. The van der Waals surface area contributed by atoms with Gasteiger partial charge in [0.05, 0.1) is 11.2 Å². The minimum Gasteiger partial charge on any atom is -0.455 e. The van der Waals surface area contributed by atoms with Gasteiger partial charge in [-0.2, -0.15) is 0 Å². The van der Waals surface area contributed by atoms with Crippen molar-refractivity contribution in [2.75, 3.05) is 26.3 Å². The average molecular weight is 697 g/mol. The molecule has 0 aromatic carbocycles. The third-order valence-electron chi connectivity index (χ3n) is 11.3. The van der Waals surface area contributed by atoms with Gasteiger partial charge in [-0.15, -0.1) is 0 Å². The number of unbranched alkanes of at least 4 members (excludes halogenated alkanes) is 3. The van der Waals surface area contributed by atoms with E-state index >= 15 is 0 Å². The highest BCUT2D eigenvalue weighted by Gasteiger charge is 2.62. The van der Waals surface area contributed by atoms with Gasteiger partial charge in [0, 0.05) is 36.1 Å². The fourth-order valence-corrected chi connectivity index (χ4v) is 7.91. The smallest absolute Gasteiger partial charge is 0.407 e. The summed E-state index contributed by atoms with van der Waals surface area (Å²) < 4.78 is 34.1. The van der Waals surface area contributed by atoms with Crippen LogP contribution in [0.1, 0.15) is 90.9 Å². The molecular formula is C38H52N2O10. The molecule has 2 amide bonds. The molecule has 6 aliphatic rings. The monoisotopic (exact) mass is 696 g/mol. The average Bonchev–Trinajstić information content (AvgIpc) is 3.90. The van der Waals surface area contributed by atoms with Crippen LogP contribution < -0.4 is 10.6 Å². The van der Waals surface area contributed by atoms with Crippen LogP contribution in [0, 0.1) is 11.8 Å². The van der Waals surface area contributed by atoms with E-state index in [-0.39, 0.29) is 72.6 Å². The first-order valence-electron chi connectivity index (χ1n) is 18.3. The molecule has 0 spiro atoms. The highest BCUT2D eigenvalue weighted by Crippen LogP contribution is 2.51. The van der Waals surface area contributed by atoms with Crippen LogP contribution in [0.3, 0.4) is 0 Å². The number of esters is 2. The molecule has 12 heteroatoms. The van der Waals surface area contributed by atoms with E-state index in [0.717, 1.165) is 62.5 Å². The molecule has 4 heterocycles. The van der Waals surface area contributed by atoms with Gasteiger partial charge in [-0.25, -0.2) is 19.2 Å². The molecule has 0 aromatic rings. The van der Waals surface area contributed by atoms with Gasteiger partial charge in [-0.3, -0.25) is 0 Å². The number of carbonyl (C=O) groups is 4. The van der Waals surface area contributed by atoms with Crippen molar-refractivity contribution in [2.24, 2.45) is 11.8 Å². The van der Waals surface area contributed by atoms with Crippen LogP contribution in [-0.2, 0) is 38.0 Å². The van der Waals surface area contributed by atoms with E-state index in [1.165, 1.54) is 0 Å². The Balaban J connectivity index is 0.811. The van der Waals surface area contributed by atoms with Crippen LogP contribution in [0.4, 0.5) is 9.59 Å². The molecule has 0 bridgehead atoms. The summed E-state index contributed by atoms with van der Waals surface area (Å²) in [5.74, 6) is -0.866. The van der Waals surface area contributed by atoms with E-state index in [1.807, 2.05) is 0 Å². The minimum absolute atomic E-state index is 0.0838. The molecule has 0 saturated carbocycles. The molecule has 8 atom stereocenters. The van der Waals surface area contributed by atoms with Gasteiger partial charge in [0.1, 0.15) is 37.6 Å². The van der Waals surface area contributed by atoms with Gasteiger partial charge >= 0.3 is 24.1 Å². The summed E-state index contributed by atoms with van der Waals surface area (Å²) in [4.78, 5) is 49.1. The molecule has 0 unspecified atom stereocenters. The highest BCUT2D eigenvalue weighted by molar-refractivity contribution is 5.91. The summed E-state index contributed by atoms with van der Waals surface area (Å²) >= 11 is 0. The largest absolute Gasteiger partial charge is 0.455 e. The SMILES string of the molecule is C=C1C(=O)O[C@H]2[C@H]1CC/C(COC(=O)NCCCCCCNC(=O)OC/C1=C/CC[C@@]3(C)O[C@H]3[C@H]3OC(=O)C(=C)[C@@H]3CC1)=C\CC[C@@]1(C)O[C@@H]21. The fourth-order valence-electron chi connectivity index (χ4n) is 7.91. The summed E-state index contributed by atoms with van der Waals surface area (Å²) in [6, 6.07) is 0. The lowest BCUT2D eigenvalue weighted by molar-refractivity contribution is -0.140. The second kappa shape index (κ2) is 15.3. The molecule has 4 fully saturated rings. The number of alkyl carbamates (subject to hydrolysis) is 2. The van der Waals surface area contributed by atoms with E-state index < -0.39 is 12.2 Å². The van der Waals surface area contributed by atoms with Crippen molar-refractivity contribution in [3.05, 3.63) is 47.6 Å². The molecule has 0 aromatic heterocycles. The van der Waals surface area contributed by atoms with Crippen molar-refractivity contribution < 1.29 is 47.6 Å². The maximum Gasteiger partial charge on any atom is 0.407 e. The molecule has 2 aliphatic carbocycles.